The van der Waals surface area contributed by atoms with E-state index in [2.05, 4.69) is 29.8 Å². The average Bonchev–Trinajstić information content (AvgIpc) is 3.27. The van der Waals surface area contributed by atoms with E-state index in [4.69, 9.17) is 5.73 Å². The second-order valence-electron chi connectivity index (χ2n) is 9.81. The van der Waals surface area contributed by atoms with Crippen molar-refractivity contribution in [2.75, 3.05) is 5.32 Å². The van der Waals surface area contributed by atoms with E-state index in [9.17, 15) is 9.59 Å². The van der Waals surface area contributed by atoms with Crippen LogP contribution < -0.4 is 11.1 Å². The summed E-state index contributed by atoms with van der Waals surface area (Å²) in [6.45, 7) is 4.32. The Kier molecular flexibility index (Phi) is 4.93. The highest BCUT2D eigenvalue weighted by molar-refractivity contribution is 7.17. The second kappa shape index (κ2) is 7.52. The standard InChI is InChI=1S/C25H29N3O2S/c1-25(2)13-20-22(21(29)14-25)18-10-11-31-24(18)28(20)16-8-9-17(23(26)30)19(12-16)27-15-6-4-3-5-7-15/h8-12,15,27H,3-7,13-14H2,1-2H3,(H2,26,30). The summed E-state index contributed by atoms with van der Waals surface area (Å²) in [6, 6.07) is 8.25. The normalized spacial score (nSPS) is 18.8. The molecule has 5 nitrogen and oxygen atoms in total. The maximum atomic E-state index is 13.0. The highest BCUT2D eigenvalue weighted by Crippen LogP contribution is 2.43. The number of Topliss-reactive ketones (excluding diaryl/α,β-unsaturated/α-hetero) is 1. The molecule has 162 valence electrons. The SMILES string of the molecule is CC1(C)CC(=O)c2c(n(-c3ccc(C(N)=O)c(NC4CCCCC4)c3)c3sccc23)C1. The number of thiophene rings is 1. The summed E-state index contributed by atoms with van der Waals surface area (Å²) in [7, 11) is 0. The van der Waals surface area contributed by atoms with E-state index in [0.717, 1.165) is 52.1 Å². The van der Waals surface area contributed by atoms with Crippen LogP contribution in [0.1, 0.15) is 78.8 Å². The van der Waals surface area contributed by atoms with E-state index < -0.39 is 5.91 Å². The topological polar surface area (TPSA) is 77.1 Å². The van der Waals surface area contributed by atoms with Crippen LogP contribution in [-0.4, -0.2) is 22.3 Å². The van der Waals surface area contributed by atoms with Gasteiger partial charge in [0.2, 0.25) is 0 Å². The van der Waals surface area contributed by atoms with Crippen molar-refractivity contribution < 1.29 is 9.59 Å². The van der Waals surface area contributed by atoms with Crippen molar-refractivity contribution in [3.63, 3.8) is 0 Å². The molecule has 1 aromatic carbocycles. The van der Waals surface area contributed by atoms with Crippen molar-refractivity contribution in [2.45, 2.75) is 64.8 Å². The summed E-state index contributed by atoms with van der Waals surface area (Å²) in [6.07, 6.45) is 7.33. The largest absolute Gasteiger partial charge is 0.382 e. The monoisotopic (exact) mass is 435 g/mol. The fourth-order valence-electron chi connectivity index (χ4n) is 5.32. The van der Waals surface area contributed by atoms with E-state index in [1.807, 2.05) is 23.6 Å². The van der Waals surface area contributed by atoms with Crippen LogP contribution in [0.15, 0.2) is 29.6 Å². The van der Waals surface area contributed by atoms with Gasteiger partial charge in [-0.05, 0) is 54.3 Å². The van der Waals surface area contributed by atoms with Gasteiger partial charge >= 0.3 is 0 Å². The molecule has 0 aliphatic heterocycles. The molecule has 2 aromatic heterocycles. The maximum Gasteiger partial charge on any atom is 0.250 e. The Hall–Kier alpha value is -2.60. The predicted molar refractivity (Wildman–Crippen MR) is 127 cm³/mol. The number of fused-ring (bicyclic) bond motifs is 3. The maximum absolute atomic E-state index is 13.0. The van der Waals surface area contributed by atoms with Gasteiger partial charge in [-0.3, -0.25) is 9.59 Å². The van der Waals surface area contributed by atoms with E-state index in [0.29, 0.717) is 18.0 Å². The minimum Gasteiger partial charge on any atom is -0.382 e. The van der Waals surface area contributed by atoms with Gasteiger partial charge in [0.25, 0.3) is 5.91 Å². The molecular formula is C25H29N3O2S. The number of benzene rings is 1. The van der Waals surface area contributed by atoms with Gasteiger partial charge in [-0.25, -0.2) is 0 Å². The number of nitrogens with zero attached hydrogens (tertiary/aromatic N) is 1. The fraction of sp³-hybridized carbons (Fsp3) is 0.440. The molecule has 0 spiro atoms. The molecule has 0 saturated heterocycles. The molecule has 1 amide bonds. The summed E-state index contributed by atoms with van der Waals surface area (Å²) >= 11 is 1.66. The van der Waals surface area contributed by atoms with Gasteiger partial charge in [-0.2, -0.15) is 0 Å². The van der Waals surface area contributed by atoms with Crippen molar-refractivity contribution in [3.8, 4) is 5.69 Å². The molecule has 0 atom stereocenters. The number of carbonyl (C=O) groups excluding carboxylic acids is 2. The van der Waals surface area contributed by atoms with Crippen LogP contribution >= 0.6 is 11.3 Å². The van der Waals surface area contributed by atoms with Crippen LogP contribution in [0.4, 0.5) is 5.69 Å². The number of primary amides is 1. The number of nitrogens with one attached hydrogen (secondary N) is 1. The van der Waals surface area contributed by atoms with Gasteiger partial charge in [-0.15, -0.1) is 11.3 Å². The predicted octanol–water partition coefficient (Wildman–Crippen LogP) is 5.69. The first-order valence-electron chi connectivity index (χ1n) is 11.2. The van der Waals surface area contributed by atoms with Crippen LogP contribution in [0.3, 0.4) is 0 Å². The number of amides is 1. The Balaban J connectivity index is 1.65. The highest BCUT2D eigenvalue weighted by atomic mass is 32.1. The molecule has 2 aliphatic carbocycles. The van der Waals surface area contributed by atoms with Crippen molar-refractivity contribution in [1.29, 1.82) is 0 Å². The quantitative estimate of drug-likeness (QED) is 0.553. The molecular weight excluding hydrogens is 406 g/mol. The lowest BCUT2D eigenvalue weighted by Crippen LogP contribution is -2.28. The van der Waals surface area contributed by atoms with Gasteiger partial charge < -0.3 is 15.6 Å². The van der Waals surface area contributed by atoms with Gasteiger partial charge in [0.1, 0.15) is 4.83 Å². The van der Waals surface area contributed by atoms with Crippen LogP contribution in [-0.2, 0) is 6.42 Å². The first-order chi connectivity index (χ1) is 14.8. The smallest absolute Gasteiger partial charge is 0.250 e. The lowest BCUT2D eigenvalue weighted by molar-refractivity contribution is 0.0912. The Bertz CT molecular complexity index is 1180. The highest BCUT2D eigenvalue weighted by Gasteiger charge is 2.36. The Morgan fingerprint density at radius 1 is 1.16 bits per heavy atom. The van der Waals surface area contributed by atoms with Crippen LogP contribution in [0.2, 0.25) is 0 Å². The van der Waals surface area contributed by atoms with Crippen molar-refractivity contribution in [2.24, 2.45) is 11.1 Å². The average molecular weight is 436 g/mol. The Labute approximate surface area is 186 Å². The van der Waals surface area contributed by atoms with Crippen LogP contribution in [0.25, 0.3) is 15.9 Å². The zero-order valence-corrected chi connectivity index (χ0v) is 19.0. The second-order valence-corrected chi connectivity index (χ2v) is 10.7. The van der Waals surface area contributed by atoms with E-state index in [-0.39, 0.29) is 11.2 Å². The summed E-state index contributed by atoms with van der Waals surface area (Å²) < 4.78 is 2.23. The molecule has 1 fully saturated rings. The first kappa shape index (κ1) is 20.3. The third-order valence-electron chi connectivity index (χ3n) is 6.73. The molecule has 3 N–H and O–H groups in total. The molecule has 2 aliphatic rings. The minimum atomic E-state index is -0.419. The molecule has 0 radical (unpaired) electrons. The lowest BCUT2D eigenvalue weighted by atomic mass is 9.76. The van der Waals surface area contributed by atoms with Gasteiger partial charge in [0, 0.05) is 40.5 Å². The van der Waals surface area contributed by atoms with E-state index in [1.54, 1.807) is 11.3 Å². The first-order valence-corrected chi connectivity index (χ1v) is 12.1. The summed E-state index contributed by atoms with van der Waals surface area (Å²) in [4.78, 5) is 26.3. The zero-order chi connectivity index (χ0) is 21.8. The molecule has 6 heteroatoms. The number of hydrogen-bond donors (Lipinski definition) is 2. The molecule has 31 heavy (non-hydrogen) atoms. The van der Waals surface area contributed by atoms with Gasteiger partial charge in [-0.1, -0.05) is 33.1 Å². The fourth-order valence-corrected chi connectivity index (χ4v) is 6.27. The number of aromatic nitrogens is 1. The minimum absolute atomic E-state index is 0.0708. The summed E-state index contributed by atoms with van der Waals surface area (Å²) in [5.74, 6) is -0.195. The lowest BCUT2D eigenvalue weighted by Gasteiger charge is -2.30. The number of ketones is 1. The summed E-state index contributed by atoms with van der Waals surface area (Å²) in [5.41, 5.74) is 9.88. The molecule has 0 bridgehead atoms. The number of rotatable bonds is 4. The van der Waals surface area contributed by atoms with Gasteiger partial charge in [0.15, 0.2) is 5.78 Å². The van der Waals surface area contributed by atoms with E-state index in [1.165, 1.54) is 19.3 Å². The number of hydrogen-bond acceptors (Lipinski definition) is 4. The third-order valence-corrected chi connectivity index (χ3v) is 7.63. The zero-order valence-electron chi connectivity index (χ0n) is 18.2. The van der Waals surface area contributed by atoms with Crippen molar-refractivity contribution in [1.82, 2.24) is 4.57 Å². The summed E-state index contributed by atoms with van der Waals surface area (Å²) in [5, 5.41) is 6.69. The molecule has 1 saturated carbocycles. The number of anilines is 1. The molecule has 5 rings (SSSR count). The number of nitrogens with two attached hydrogens (primary N) is 1. The van der Waals surface area contributed by atoms with Crippen molar-refractivity contribution >= 4 is 38.9 Å². The third kappa shape index (κ3) is 3.57. The van der Waals surface area contributed by atoms with Gasteiger partial charge in [0.05, 0.1) is 5.56 Å². The van der Waals surface area contributed by atoms with E-state index >= 15 is 0 Å². The molecule has 3 aromatic rings. The van der Waals surface area contributed by atoms with Crippen molar-refractivity contribution in [3.05, 3.63) is 46.5 Å². The number of carbonyl (C=O) groups is 2. The Morgan fingerprint density at radius 2 is 1.94 bits per heavy atom. The van der Waals surface area contributed by atoms with Crippen LogP contribution in [0, 0.1) is 5.41 Å². The molecule has 2 heterocycles. The Morgan fingerprint density at radius 3 is 2.68 bits per heavy atom. The van der Waals surface area contributed by atoms with Crippen LogP contribution in [0.5, 0.6) is 0 Å². The molecule has 0 unspecified atom stereocenters.